The van der Waals surface area contributed by atoms with Gasteiger partial charge in [-0.1, -0.05) is 43.7 Å². The Hall–Kier alpha value is -3.28. The van der Waals surface area contributed by atoms with E-state index in [1.807, 2.05) is 37.3 Å². The Morgan fingerprint density at radius 1 is 1.10 bits per heavy atom. The molecule has 216 valence electrons. The number of carbonyl (C=O) groups is 2. The van der Waals surface area contributed by atoms with Crippen molar-refractivity contribution in [1.82, 2.24) is 14.2 Å². The monoisotopic (exact) mass is 587 g/mol. The third-order valence-electron chi connectivity index (χ3n) is 6.49. The lowest BCUT2D eigenvalue weighted by atomic mass is 9.98. The molecular weight excluding hydrogens is 550 g/mol. The van der Waals surface area contributed by atoms with Crippen LogP contribution < -0.4 is 4.74 Å². The molecule has 0 unspecified atom stereocenters. The van der Waals surface area contributed by atoms with Crippen molar-refractivity contribution in [1.29, 1.82) is 0 Å². The van der Waals surface area contributed by atoms with Crippen molar-refractivity contribution >= 4 is 33.1 Å². The summed E-state index contributed by atoms with van der Waals surface area (Å²) in [6.45, 7) is 2.66. The number of ether oxygens (including phenoxy) is 1. The molecule has 0 aliphatic heterocycles. The number of benzene rings is 2. The summed E-state index contributed by atoms with van der Waals surface area (Å²) >= 11 is 1.22. The topological polar surface area (TPSA) is 117 Å². The molecule has 0 aliphatic rings. The van der Waals surface area contributed by atoms with Gasteiger partial charge in [-0.05, 0) is 42.0 Å². The maximum atomic E-state index is 13.7. The van der Waals surface area contributed by atoms with Gasteiger partial charge in [-0.3, -0.25) is 9.59 Å². The molecule has 11 heteroatoms. The summed E-state index contributed by atoms with van der Waals surface area (Å²) in [6.07, 6.45) is 3.01. The molecule has 0 aliphatic carbocycles. The van der Waals surface area contributed by atoms with Gasteiger partial charge in [-0.2, -0.15) is 0 Å². The van der Waals surface area contributed by atoms with Crippen molar-refractivity contribution in [3.8, 4) is 11.5 Å². The van der Waals surface area contributed by atoms with Gasteiger partial charge in [-0.15, -0.1) is 11.3 Å². The summed E-state index contributed by atoms with van der Waals surface area (Å²) in [5.41, 5.74) is 2.68. The Balaban J connectivity index is 1.81. The summed E-state index contributed by atoms with van der Waals surface area (Å²) in [6, 6.07) is 13.4. The predicted octanol–water partition coefficient (Wildman–Crippen LogP) is 4.09. The van der Waals surface area contributed by atoms with E-state index >= 15 is 0 Å². The number of amides is 1. The number of phenols is 1. The molecule has 0 saturated heterocycles. The molecule has 0 bridgehead atoms. The number of methoxy groups -OCH3 is 1. The molecule has 1 amide bonds. The van der Waals surface area contributed by atoms with Crippen LogP contribution in [0.3, 0.4) is 0 Å². The first-order valence-corrected chi connectivity index (χ1v) is 15.6. The van der Waals surface area contributed by atoms with E-state index in [1.54, 1.807) is 17.0 Å². The number of nitrogens with zero attached hydrogens (tertiary/aromatic N) is 3. The molecule has 2 aromatic carbocycles. The number of phenolic OH excluding ortho intramolecular Hbond substituents is 1. The Bertz CT molecular complexity index is 1400. The highest BCUT2D eigenvalue weighted by molar-refractivity contribution is 7.89. The van der Waals surface area contributed by atoms with E-state index in [9.17, 15) is 23.1 Å². The van der Waals surface area contributed by atoms with E-state index in [0.717, 1.165) is 29.1 Å². The van der Waals surface area contributed by atoms with Gasteiger partial charge in [0.2, 0.25) is 15.9 Å². The molecule has 0 radical (unpaired) electrons. The largest absolute Gasteiger partial charge is 0.508 e. The average Bonchev–Trinajstić information content (AvgIpc) is 3.39. The average molecular weight is 588 g/mol. The Morgan fingerprint density at radius 3 is 2.48 bits per heavy atom. The van der Waals surface area contributed by atoms with Gasteiger partial charge in [0, 0.05) is 32.1 Å². The maximum Gasteiger partial charge on any atom is 0.227 e. The highest BCUT2D eigenvalue weighted by Crippen LogP contribution is 2.30. The summed E-state index contributed by atoms with van der Waals surface area (Å²) < 4.78 is 30.6. The summed E-state index contributed by atoms with van der Waals surface area (Å²) in [5.74, 6) is -0.810. The van der Waals surface area contributed by atoms with Gasteiger partial charge < -0.3 is 14.7 Å². The Kier molecular flexibility index (Phi) is 11.2. The van der Waals surface area contributed by atoms with E-state index in [1.165, 1.54) is 43.5 Å². The van der Waals surface area contributed by atoms with Crippen LogP contribution in [0.4, 0.5) is 0 Å². The normalized spacial score (nSPS) is 11.5. The second-order valence-electron chi connectivity index (χ2n) is 9.70. The van der Waals surface area contributed by atoms with Crippen LogP contribution in [-0.2, 0) is 40.6 Å². The number of carbonyl (C=O) groups excluding carboxylic acids is 2. The highest BCUT2D eigenvalue weighted by Gasteiger charge is 2.24. The maximum absolute atomic E-state index is 13.7. The standard InChI is InChI=1S/C29H37N3O6S2/c1-5-10-24-22(15-23(38-4)17-26(24)33)16-29(35)32(14-9-13-21-11-7-6-8-12-21)18-28-30-25(19-39-28)27(34)20-40(36,37)31(2)3/h6-8,11-12,15,17,19,33H,5,9-10,13-14,16,18,20H2,1-4H3. The molecule has 3 aromatic rings. The first-order valence-electron chi connectivity index (χ1n) is 13.1. The minimum absolute atomic E-state index is 0.0731. The lowest BCUT2D eigenvalue weighted by Crippen LogP contribution is -2.33. The molecule has 1 heterocycles. The fourth-order valence-corrected chi connectivity index (χ4v) is 5.78. The van der Waals surface area contributed by atoms with E-state index in [-0.39, 0.29) is 30.3 Å². The minimum atomic E-state index is -3.71. The SMILES string of the molecule is CCCc1c(O)cc(OC)cc1CC(=O)N(CCCc1ccccc1)Cc1nc(C(=O)CS(=O)(=O)N(C)C)cs1. The van der Waals surface area contributed by atoms with Crippen LogP contribution in [0.15, 0.2) is 47.8 Å². The number of aromatic hydroxyl groups is 1. The van der Waals surface area contributed by atoms with E-state index in [4.69, 9.17) is 4.74 Å². The zero-order valence-electron chi connectivity index (χ0n) is 23.4. The lowest BCUT2D eigenvalue weighted by Gasteiger charge is -2.23. The molecule has 1 aromatic heterocycles. The van der Waals surface area contributed by atoms with Crippen LogP contribution in [0.25, 0.3) is 0 Å². The van der Waals surface area contributed by atoms with Gasteiger partial charge in [-0.25, -0.2) is 17.7 Å². The fourth-order valence-electron chi connectivity index (χ4n) is 4.23. The highest BCUT2D eigenvalue weighted by atomic mass is 32.2. The lowest BCUT2D eigenvalue weighted by molar-refractivity contribution is -0.131. The van der Waals surface area contributed by atoms with Crippen LogP contribution in [0.1, 0.15) is 52.0 Å². The van der Waals surface area contributed by atoms with Gasteiger partial charge in [0.1, 0.15) is 28.0 Å². The zero-order valence-corrected chi connectivity index (χ0v) is 25.1. The van der Waals surface area contributed by atoms with Gasteiger partial charge in [0.25, 0.3) is 0 Å². The first-order chi connectivity index (χ1) is 19.0. The van der Waals surface area contributed by atoms with Crippen LogP contribution in [0.5, 0.6) is 11.5 Å². The van der Waals surface area contributed by atoms with E-state index in [0.29, 0.717) is 29.3 Å². The van der Waals surface area contributed by atoms with Gasteiger partial charge in [0.05, 0.1) is 20.1 Å². The van der Waals surface area contributed by atoms with Crippen LogP contribution in [0.2, 0.25) is 0 Å². The molecule has 1 N–H and O–H groups in total. The number of aryl methyl sites for hydroxylation is 1. The minimum Gasteiger partial charge on any atom is -0.508 e. The molecule has 0 spiro atoms. The predicted molar refractivity (Wildman–Crippen MR) is 156 cm³/mol. The molecule has 0 atom stereocenters. The van der Waals surface area contributed by atoms with Gasteiger partial charge >= 0.3 is 0 Å². The van der Waals surface area contributed by atoms with E-state index < -0.39 is 21.6 Å². The van der Waals surface area contributed by atoms with Crippen LogP contribution >= 0.6 is 11.3 Å². The number of Topliss-reactive ketones (excluding diaryl/α,β-unsaturated/α-hetero) is 1. The molecule has 3 rings (SSSR count). The number of hydrogen-bond acceptors (Lipinski definition) is 8. The van der Waals surface area contributed by atoms with E-state index in [2.05, 4.69) is 4.98 Å². The third-order valence-corrected chi connectivity index (χ3v) is 9.07. The van der Waals surface area contributed by atoms with Crippen molar-refractivity contribution < 1.29 is 27.9 Å². The van der Waals surface area contributed by atoms with Crippen molar-refractivity contribution in [3.05, 3.63) is 75.2 Å². The van der Waals surface area contributed by atoms with Crippen molar-refractivity contribution in [2.75, 3.05) is 33.5 Å². The number of rotatable bonds is 15. The summed E-state index contributed by atoms with van der Waals surface area (Å²) in [5, 5.41) is 12.6. The third kappa shape index (κ3) is 8.61. The quantitative estimate of drug-likeness (QED) is 0.266. The molecular formula is C29H37N3O6S2. The number of aromatic nitrogens is 1. The second-order valence-corrected chi connectivity index (χ2v) is 12.8. The molecule has 0 fully saturated rings. The van der Waals surface area contributed by atoms with Crippen molar-refractivity contribution in [2.45, 2.75) is 45.6 Å². The number of sulfonamides is 1. The van der Waals surface area contributed by atoms with Gasteiger partial charge in [0.15, 0.2) is 5.78 Å². The molecule has 0 saturated carbocycles. The van der Waals surface area contributed by atoms with Crippen molar-refractivity contribution in [2.24, 2.45) is 0 Å². The Morgan fingerprint density at radius 2 is 1.82 bits per heavy atom. The summed E-state index contributed by atoms with van der Waals surface area (Å²) in [7, 11) is 0.558. The molecule has 9 nitrogen and oxygen atoms in total. The van der Waals surface area contributed by atoms with Crippen LogP contribution in [-0.4, -0.2) is 72.9 Å². The number of hydrogen-bond donors (Lipinski definition) is 1. The summed E-state index contributed by atoms with van der Waals surface area (Å²) in [4.78, 5) is 32.3. The molecule has 40 heavy (non-hydrogen) atoms. The number of thiazole rings is 1. The van der Waals surface area contributed by atoms with Crippen LogP contribution in [0, 0.1) is 0 Å². The smallest absolute Gasteiger partial charge is 0.227 e. The van der Waals surface area contributed by atoms with Crippen molar-refractivity contribution in [3.63, 3.8) is 0 Å². The second kappa shape index (κ2) is 14.4. The zero-order chi connectivity index (χ0) is 29.3. The fraction of sp³-hybridized carbons (Fsp3) is 0.414. The Labute approximate surface area is 240 Å². The first kappa shape index (κ1) is 31.3. The number of ketones is 1.